The number of rotatable bonds is 6. The van der Waals surface area contributed by atoms with Crippen LogP contribution in [-0.4, -0.2) is 23.1 Å². The molecule has 2 rings (SSSR count). The van der Waals surface area contributed by atoms with E-state index in [1.165, 1.54) is 11.3 Å². The molecular weight excluding hydrogens is 287 g/mol. The Morgan fingerprint density at radius 2 is 2.21 bits per heavy atom. The van der Waals surface area contributed by atoms with Gasteiger partial charge in [-0.2, -0.15) is 4.98 Å². The molecule has 0 atom stereocenters. The van der Waals surface area contributed by atoms with Gasteiger partial charge in [-0.3, -0.25) is 0 Å². The van der Waals surface area contributed by atoms with Gasteiger partial charge in [0.25, 0.3) is 0 Å². The third-order valence-corrected chi connectivity index (χ3v) is 3.66. The van der Waals surface area contributed by atoms with Crippen molar-refractivity contribution in [3.63, 3.8) is 0 Å². The highest BCUT2D eigenvalue weighted by Crippen LogP contribution is 2.21. The molecule has 0 saturated carbocycles. The molecule has 19 heavy (non-hydrogen) atoms. The molecule has 2 N–H and O–H groups in total. The highest BCUT2D eigenvalue weighted by molar-refractivity contribution is 7.16. The summed E-state index contributed by atoms with van der Waals surface area (Å²) in [6, 6.07) is 3.82. The molecule has 0 bridgehead atoms. The first-order valence-electron chi connectivity index (χ1n) is 5.93. The lowest BCUT2D eigenvalue weighted by atomic mass is 10.3. The summed E-state index contributed by atoms with van der Waals surface area (Å²) < 4.78 is 14.3. The second-order valence-corrected chi connectivity index (χ2v) is 5.60. The van der Waals surface area contributed by atoms with Gasteiger partial charge in [0.05, 0.1) is 10.5 Å². The van der Waals surface area contributed by atoms with Crippen molar-refractivity contribution in [2.75, 3.05) is 23.7 Å². The number of aromatic nitrogens is 2. The van der Waals surface area contributed by atoms with Gasteiger partial charge in [0.15, 0.2) is 11.6 Å². The maximum atomic E-state index is 13.5. The van der Waals surface area contributed by atoms with Crippen LogP contribution in [0.2, 0.25) is 4.34 Å². The molecular formula is C12H14ClFN4S. The van der Waals surface area contributed by atoms with E-state index in [2.05, 4.69) is 20.6 Å². The molecule has 2 heterocycles. The lowest BCUT2D eigenvalue weighted by Crippen LogP contribution is -2.10. The molecule has 2 aromatic heterocycles. The van der Waals surface area contributed by atoms with Crippen molar-refractivity contribution < 1.29 is 4.39 Å². The fourth-order valence-electron chi connectivity index (χ4n) is 1.52. The topological polar surface area (TPSA) is 49.8 Å². The minimum atomic E-state index is -0.453. The number of nitrogens with zero attached hydrogens (tertiary/aromatic N) is 2. The van der Waals surface area contributed by atoms with Crippen LogP contribution < -0.4 is 10.6 Å². The van der Waals surface area contributed by atoms with E-state index in [1.807, 2.05) is 19.1 Å². The van der Waals surface area contributed by atoms with Crippen LogP contribution in [0.5, 0.6) is 0 Å². The van der Waals surface area contributed by atoms with Crippen LogP contribution >= 0.6 is 22.9 Å². The average molecular weight is 301 g/mol. The molecule has 102 valence electrons. The van der Waals surface area contributed by atoms with Crippen LogP contribution in [0.3, 0.4) is 0 Å². The van der Waals surface area contributed by atoms with Crippen LogP contribution in [0.1, 0.15) is 11.8 Å². The maximum absolute atomic E-state index is 13.5. The van der Waals surface area contributed by atoms with Crippen molar-refractivity contribution >= 4 is 34.7 Å². The summed E-state index contributed by atoms with van der Waals surface area (Å²) in [6.07, 6.45) is 1.94. The van der Waals surface area contributed by atoms with E-state index < -0.39 is 5.82 Å². The van der Waals surface area contributed by atoms with Crippen molar-refractivity contribution in [1.82, 2.24) is 9.97 Å². The van der Waals surface area contributed by atoms with Crippen molar-refractivity contribution in [3.05, 3.63) is 33.4 Å². The Kier molecular flexibility index (Phi) is 4.93. The first-order valence-corrected chi connectivity index (χ1v) is 7.13. The fourth-order valence-corrected chi connectivity index (χ4v) is 2.61. The van der Waals surface area contributed by atoms with Gasteiger partial charge in [-0.1, -0.05) is 11.6 Å². The lowest BCUT2D eigenvalue weighted by molar-refractivity contribution is 0.617. The molecule has 0 fully saturated rings. The molecule has 0 saturated heterocycles. The number of hydrogen-bond donors (Lipinski definition) is 2. The third kappa shape index (κ3) is 4.04. The van der Waals surface area contributed by atoms with Crippen molar-refractivity contribution in [2.45, 2.75) is 13.3 Å². The standard InChI is InChI=1S/C12H14ClFN4S/c1-2-15-12-17-7-9(14)11(18-12)16-6-5-8-3-4-10(13)19-8/h3-4,7H,2,5-6H2,1H3,(H2,15,16,17,18). The van der Waals surface area contributed by atoms with Crippen LogP contribution in [0, 0.1) is 5.82 Å². The van der Waals surface area contributed by atoms with Gasteiger partial charge in [-0.25, -0.2) is 9.37 Å². The van der Waals surface area contributed by atoms with Crippen LogP contribution in [0.4, 0.5) is 16.2 Å². The largest absolute Gasteiger partial charge is 0.367 e. The molecule has 2 aromatic rings. The number of hydrogen-bond acceptors (Lipinski definition) is 5. The summed E-state index contributed by atoms with van der Waals surface area (Å²) in [6.45, 7) is 3.22. The van der Waals surface area contributed by atoms with Gasteiger partial charge in [-0.05, 0) is 25.5 Å². The summed E-state index contributed by atoms with van der Waals surface area (Å²) in [5.74, 6) is 0.185. The van der Waals surface area contributed by atoms with E-state index in [-0.39, 0.29) is 5.82 Å². The Balaban J connectivity index is 1.93. The zero-order valence-electron chi connectivity index (χ0n) is 10.4. The molecule has 0 unspecified atom stereocenters. The first kappa shape index (κ1) is 14.0. The smallest absolute Gasteiger partial charge is 0.224 e. The van der Waals surface area contributed by atoms with Crippen LogP contribution in [0.25, 0.3) is 0 Å². The van der Waals surface area contributed by atoms with Gasteiger partial charge in [0.2, 0.25) is 5.95 Å². The number of anilines is 2. The molecule has 0 amide bonds. The van der Waals surface area contributed by atoms with Crippen molar-refractivity contribution in [2.24, 2.45) is 0 Å². The zero-order valence-corrected chi connectivity index (χ0v) is 12.0. The lowest BCUT2D eigenvalue weighted by Gasteiger charge is -2.07. The average Bonchev–Trinajstić information content (AvgIpc) is 2.79. The summed E-state index contributed by atoms with van der Waals surface area (Å²) in [7, 11) is 0. The molecule has 4 nitrogen and oxygen atoms in total. The van der Waals surface area contributed by atoms with Gasteiger partial charge in [-0.15, -0.1) is 11.3 Å². The molecule has 0 aliphatic rings. The van der Waals surface area contributed by atoms with E-state index >= 15 is 0 Å². The van der Waals surface area contributed by atoms with Gasteiger partial charge >= 0.3 is 0 Å². The number of thiophene rings is 1. The van der Waals surface area contributed by atoms with Gasteiger partial charge in [0, 0.05) is 18.0 Å². The Labute approximate surface area is 120 Å². The molecule has 0 aliphatic carbocycles. The van der Waals surface area contributed by atoms with E-state index in [0.717, 1.165) is 21.8 Å². The van der Waals surface area contributed by atoms with E-state index in [1.54, 1.807) is 0 Å². The second kappa shape index (κ2) is 6.68. The van der Waals surface area contributed by atoms with Crippen molar-refractivity contribution in [3.8, 4) is 0 Å². The zero-order chi connectivity index (χ0) is 13.7. The van der Waals surface area contributed by atoms with Gasteiger partial charge in [0.1, 0.15) is 0 Å². The third-order valence-electron chi connectivity index (χ3n) is 2.37. The number of nitrogens with one attached hydrogen (secondary N) is 2. The summed E-state index contributed by atoms with van der Waals surface area (Å²) in [5.41, 5.74) is 0. The SMILES string of the molecule is CCNc1ncc(F)c(NCCc2ccc(Cl)s2)n1. The van der Waals surface area contributed by atoms with Gasteiger partial charge < -0.3 is 10.6 Å². The summed E-state index contributed by atoms with van der Waals surface area (Å²) >= 11 is 7.37. The van der Waals surface area contributed by atoms with E-state index in [4.69, 9.17) is 11.6 Å². The number of halogens is 2. The quantitative estimate of drug-likeness (QED) is 0.858. The Morgan fingerprint density at radius 3 is 2.89 bits per heavy atom. The second-order valence-electron chi connectivity index (χ2n) is 3.80. The highest BCUT2D eigenvalue weighted by Gasteiger charge is 2.06. The molecule has 0 aliphatic heterocycles. The summed E-state index contributed by atoms with van der Waals surface area (Å²) in [5, 5.41) is 5.91. The molecule has 0 spiro atoms. The summed E-state index contributed by atoms with van der Waals surface area (Å²) in [4.78, 5) is 9.06. The maximum Gasteiger partial charge on any atom is 0.224 e. The Morgan fingerprint density at radius 1 is 1.37 bits per heavy atom. The van der Waals surface area contributed by atoms with E-state index in [9.17, 15) is 4.39 Å². The van der Waals surface area contributed by atoms with Crippen molar-refractivity contribution in [1.29, 1.82) is 0 Å². The molecule has 0 radical (unpaired) electrons. The Hall–Kier alpha value is -1.40. The minimum absolute atomic E-state index is 0.216. The molecule has 0 aromatic carbocycles. The van der Waals surface area contributed by atoms with Crippen LogP contribution in [0.15, 0.2) is 18.3 Å². The highest BCUT2D eigenvalue weighted by atomic mass is 35.5. The van der Waals surface area contributed by atoms with Crippen LogP contribution in [-0.2, 0) is 6.42 Å². The normalized spacial score (nSPS) is 10.5. The monoisotopic (exact) mass is 300 g/mol. The Bertz CT molecular complexity index is 546. The predicted molar refractivity (Wildman–Crippen MR) is 77.7 cm³/mol. The predicted octanol–water partition coefficient (Wildman–Crippen LogP) is 3.42. The van der Waals surface area contributed by atoms with E-state index in [0.29, 0.717) is 19.0 Å². The fraction of sp³-hybridized carbons (Fsp3) is 0.333. The minimum Gasteiger partial charge on any atom is -0.367 e. The molecule has 7 heteroatoms. The first-order chi connectivity index (χ1) is 9.19.